The third-order valence-electron chi connectivity index (χ3n) is 2.98. The maximum atomic E-state index is 2.34. The smallest absolute Gasteiger partial charge is 0 e. The first-order valence-corrected chi connectivity index (χ1v) is 21.2. The Bertz CT molecular complexity index is 312. The van der Waals surface area contributed by atoms with Crippen LogP contribution in [0.2, 0.25) is 0 Å². The van der Waals surface area contributed by atoms with Gasteiger partial charge in [-0.3, -0.25) is 0 Å². The van der Waals surface area contributed by atoms with E-state index in [1.54, 1.807) is 0 Å². The molecule has 0 spiro atoms. The second-order valence-electron chi connectivity index (χ2n) is 21.5. The van der Waals surface area contributed by atoms with Gasteiger partial charge in [-0.15, -0.1) is 48.0 Å². The van der Waals surface area contributed by atoms with E-state index in [-0.39, 0.29) is 65.7 Å². The molecule has 0 fully saturated rings. The third-order valence-corrected chi connectivity index (χ3v) is 2.98. The van der Waals surface area contributed by atoms with Crippen molar-refractivity contribution in [2.45, 2.75) is 264 Å². The Labute approximate surface area is 388 Å². The van der Waals surface area contributed by atoms with E-state index in [1.165, 1.54) is 0 Å². The summed E-state index contributed by atoms with van der Waals surface area (Å²) < 4.78 is 0. The number of hydrogen-bond acceptors (Lipinski definition) is 0. The fraction of sp³-hybridized carbons (Fsp3) is 1.00. The van der Waals surface area contributed by atoms with Crippen LogP contribution >= 0.6 is 48.0 Å². The summed E-state index contributed by atoms with van der Waals surface area (Å²) in [6.45, 7) is 78.8. The molecule has 0 amide bonds. The van der Waals surface area contributed by atoms with Crippen LogP contribution < -0.4 is 0 Å². The van der Waals surface area contributed by atoms with Crippen LogP contribution in [0.5, 0.6) is 0 Å². The van der Waals surface area contributed by atoms with Crippen LogP contribution in [-0.2, 0) is 0 Å². The highest BCUT2D eigenvalue weighted by molar-refractivity contribution is 14.0. The van der Waals surface area contributed by atoms with Crippen molar-refractivity contribution in [2.24, 2.45) is 76.4 Å². The second kappa shape index (κ2) is 77.9. The van der Waals surface area contributed by atoms with E-state index in [4.69, 9.17) is 0 Å². The molecule has 0 N–H and O–H groups in total. The highest BCUT2D eigenvalue weighted by Gasteiger charge is 2.25. The van der Waals surface area contributed by atoms with E-state index in [1.807, 2.05) is 0 Å². The molecule has 0 rings (SSSR count). The molecule has 0 aromatic carbocycles. The van der Waals surface area contributed by atoms with Crippen LogP contribution in [-0.4, -0.2) is 0 Å². The van der Waals surface area contributed by atoms with Gasteiger partial charge in [-0.25, -0.2) is 0 Å². The van der Waals surface area contributed by atoms with Crippen molar-refractivity contribution in [3.8, 4) is 0 Å². The fourth-order valence-corrected chi connectivity index (χ4v) is 0.667. The molecule has 53 heavy (non-hydrogen) atoms. The first-order valence-electron chi connectivity index (χ1n) is 21.2. The lowest BCUT2D eigenvalue weighted by atomic mass is 9.72. The van der Waals surface area contributed by atoms with Crippen LogP contribution in [0.15, 0.2) is 0 Å². The van der Waals surface area contributed by atoms with E-state index in [0.29, 0.717) is 5.41 Å². The van der Waals surface area contributed by atoms with Crippen LogP contribution in [0.4, 0.5) is 0 Å². The van der Waals surface area contributed by atoms with Crippen LogP contribution in [0, 0.1) is 76.4 Å². The fourth-order valence-electron chi connectivity index (χ4n) is 0.667. The zero-order valence-corrected chi connectivity index (χ0v) is 48.9. The molecule has 0 aliphatic rings. The summed E-state index contributed by atoms with van der Waals surface area (Å²) in [6, 6.07) is 0. The van der Waals surface area contributed by atoms with Crippen LogP contribution in [0.25, 0.3) is 0 Å². The molecule has 0 aromatic rings. The van der Waals surface area contributed by atoms with Crippen molar-refractivity contribution in [2.75, 3.05) is 0 Å². The molecular formula is C51H134I2. The topological polar surface area (TPSA) is 0 Å². The Hall–Kier alpha value is 1.46. The molecule has 0 aliphatic heterocycles. The monoisotopic (exact) mass is 1000 g/mol. The van der Waals surface area contributed by atoms with Crippen LogP contribution in [0.1, 0.15) is 267 Å². The summed E-state index contributed by atoms with van der Waals surface area (Å²) in [7, 11) is 0. The highest BCUT2D eigenvalue weighted by Crippen LogP contribution is 2.33. The lowest BCUT2D eigenvalue weighted by Crippen LogP contribution is -2.25. The Balaban J connectivity index is -0.0000000193. The molecule has 2 heteroatoms. The molecular weight excluding hydrogens is 866 g/mol. The van der Waals surface area contributed by atoms with Gasteiger partial charge < -0.3 is 0 Å². The molecule has 352 valence electrons. The van der Waals surface area contributed by atoms with Crippen molar-refractivity contribution < 1.29 is 2.85 Å². The van der Waals surface area contributed by atoms with Gasteiger partial charge in [0.05, 0.1) is 0 Å². The number of rotatable bonds is 2. The summed E-state index contributed by atoms with van der Waals surface area (Å²) >= 11 is 0. The quantitative estimate of drug-likeness (QED) is 0.242. The first kappa shape index (κ1) is 100.0. The SMILES string of the molecule is C.C.CC(C)C.CC(C)C.CC(C)C.CC(C)C.CC(C)C.CC(C)C.CC(C)C.CC(C)C.CC(C)C.CC(C)C.CC(C)C(C)(C)C(C)C.I.I.[HH].[HH]. The van der Waals surface area contributed by atoms with Gasteiger partial charge in [0, 0.05) is 2.85 Å². The molecule has 0 nitrogen and oxygen atoms in total. The lowest BCUT2D eigenvalue weighted by Gasteiger charge is -2.33. The maximum absolute atomic E-state index is 2.34. The summed E-state index contributed by atoms with van der Waals surface area (Å²) in [5.41, 5.74) is 0.500. The zero-order valence-electron chi connectivity index (χ0n) is 44.2. The predicted octanol–water partition coefficient (Wildman–Crippen LogP) is 22.9. The zero-order chi connectivity index (χ0) is 43.4. The first-order chi connectivity index (χ1) is 21.2. The average molecular weight is 1000 g/mol. The van der Waals surface area contributed by atoms with Crippen molar-refractivity contribution in [3.63, 3.8) is 0 Å². The van der Waals surface area contributed by atoms with Gasteiger partial charge in [0.15, 0.2) is 0 Å². The van der Waals surface area contributed by atoms with E-state index in [0.717, 1.165) is 71.0 Å². The molecule has 0 radical (unpaired) electrons. The van der Waals surface area contributed by atoms with Crippen molar-refractivity contribution in [3.05, 3.63) is 0 Å². The van der Waals surface area contributed by atoms with Gasteiger partial charge in [-0.2, -0.15) is 0 Å². The van der Waals surface area contributed by atoms with Gasteiger partial charge in [-0.1, -0.05) is 264 Å². The maximum Gasteiger partial charge on any atom is 0 e. The Kier molecular flexibility index (Phi) is 147. The minimum Gasteiger partial charge on any atom is -0.107 e. The molecule has 0 atom stereocenters. The third kappa shape index (κ3) is 781. The second-order valence-corrected chi connectivity index (χ2v) is 21.5. The van der Waals surface area contributed by atoms with E-state index < -0.39 is 0 Å². The van der Waals surface area contributed by atoms with Crippen LogP contribution in [0.3, 0.4) is 0 Å². The molecule has 0 saturated heterocycles. The average Bonchev–Trinajstić information content (AvgIpc) is 2.69. The summed E-state index contributed by atoms with van der Waals surface area (Å²) in [6.07, 6.45) is 0. The highest BCUT2D eigenvalue weighted by atomic mass is 127. The minimum absolute atomic E-state index is 0. The predicted molar refractivity (Wildman–Crippen MR) is 297 cm³/mol. The molecule has 0 aromatic heterocycles. The molecule has 0 saturated carbocycles. The van der Waals surface area contributed by atoms with Crippen molar-refractivity contribution >= 4 is 48.0 Å². The lowest BCUT2D eigenvalue weighted by molar-refractivity contribution is 0.165. The summed E-state index contributed by atoms with van der Waals surface area (Å²) in [5.74, 6) is 9.91. The normalized spacial score (nSPS) is 9.06. The number of halogens is 2. The Morgan fingerprint density at radius 1 is 0.208 bits per heavy atom. The Morgan fingerprint density at radius 2 is 0.245 bits per heavy atom. The van der Waals surface area contributed by atoms with E-state index >= 15 is 0 Å². The molecule has 0 aliphatic carbocycles. The molecule has 0 bridgehead atoms. The largest absolute Gasteiger partial charge is 0.107 e. The van der Waals surface area contributed by atoms with E-state index in [2.05, 4.69) is 249 Å². The minimum atomic E-state index is 0. The molecule has 0 heterocycles. The van der Waals surface area contributed by atoms with Gasteiger partial charge in [-0.05, 0) is 76.4 Å². The number of hydrogen-bond donors (Lipinski definition) is 0. The summed E-state index contributed by atoms with van der Waals surface area (Å²) in [5, 5.41) is 0. The Morgan fingerprint density at radius 3 is 0.245 bits per heavy atom. The summed E-state index contributed by atoms with van der Waals surface area (Å²) in [4.78, 5) is 0. The van der Waals surface area contributed by atoms with Crippen molar-refractivity contribution in [1.29, 1.82) is 0 Å². The van der Waals surface area contributed by atoms with Gasteiger partial charge in [0.2, 0.25) is 0 Å². The van der Waals surface area contributed by atoms with E-state index in [9.17, 15) is 0 Å². The van der Waals surface area contributed by atoms with Gasteiger partial charge in [0.1, 0.15) is 0 Å². The van der Waals surface area contributed by atoms with Crippen molar-refractivity contribution in [1.82, 2.24) is 0 Å². The standard InChI is InChI=1S/C9H20.10C4H10.2CH4.2HI.2H2/c1-7(2)9(5,6)8(3)4;10*1-4(2)3;;;;;;/h7-8H,1-6H3;10*4H,1-3H3;2*1H4;4*1H. The molecule has 0 unspecified atom stereocenters. The van der Waals surface area contributed by atoms with Gasteiger partial charge in [0.25, 0.3) is 0 Å². The van der Waals surface area contributed by atoms with Gasteiger partial charge >= 0.3 is 0 Å².